The van der Waals surface area contributed by atoms with Crippen molar-refractivity contribution in [1.29, 1.82) is 0 Å². The number of ketones is 2. The van der Waals surface area contributed by atoms with Gasteiger partial charge in [-0.2, -0.15) is 0 Å². The number of pyridine rings is 2. The van der Waals surface area contributed by atoms with E-state index in [1.807, 2.05) is 26.0 Å². The number of amides is 1. The lowest BCUT2D eigenvalue weighted by molar-refractivity contribution is -0.145. The lowest BCUT2D eigenvalue weighted by Gasteiger charge is -2.22. The maximum absolute atomic E-state index is 14.0. The van der Waals surface area contributed by atoms with Crippen molar-refractivity contribution in [2.75, 3.05) is 26.7 Å². The molecule has 4 aromatic carbocycles. The Morgan fingerprint density at radius 2 is 1.14 bits per heavy atom. The predicted octanol–water partition coefficient (Wildman–Crippen LogP) is 10.8. The Balaban J connectivity index is 0.000000216. The van der Waals surface area contributed by atoms with Crippen molar-refractivity contribution >= 4 is 29.4 Å². The first-order valence-electron chi connectivity index (χ1n) is 25.4. The van der Waals surface area contributed by atoms with Crippen molar-refractivity contribution in [3.63, 3.8) is 0 Å². The first-order valence-corrected chi connectivity index (χ1v) is 25.4. The van der Waals surface area contributed by atoms with Crippen LogP contribution in [0.15, 0.2) is 146 Å². The smallest absolute Gasteiger partial charge is 0.337 e. The number of aryl methyl sites for hydroxylation is 2. The van der Waals surface area contributed by atoms with Crippen LogP contribution in [-0.4, -0.2) is 92.1 Å². The van der Waals surface area contributed by atoms with E-state index in [0.29, 0.717) is 75.6 Å². The van der Waals surface area contributed by atoms with Gasteiger partial charge in [0.1, 0.15) is 52.2 Å². The van der Waals surface area contributed by atoms with E-state index in [4.69, 9.17) is 19.3 Å². The molecule has 78 heavy (non-hydrogen) atoms. The molecule has 0 bridgehead atoms. The second-order valence-corrected chi connectivity index (χ2v) is 19.0. The molecule has 1 fully saturated rings. The quantitative estimate of drug-likeness (QED) is 0.0392. The molecule has 1 unspecified atom stereocenters. The third-order valence-electron chi connectivity index (χ3n) is 12.9. The monoisotopic (exact) mass is 1060 g/mol. The van der Waals surface area contributed by atoms with Gasteiger partial charge in [0, 0.05) is 75.7 Å². The Labute approximate surface area is 449 Å². The maximum Gasteiger partial charge on any atom is 0.337 e. The van der Waals surface area contributed by atoms with Gasteiger partial charge in [0.25, 0.3) is 5.91 Å². The predicted molar refractivity (Wildman–Crippen MR) is 289 cm³/mol. The lowest BCUT2D eigenvalue weighted by atomic mass is 10.0. The standard InChI is InChI=1S/C35H37FN4O5.C26H21FN2O4/c1-23-6-11-30(36)25(17-23)19-27(41)18-24-7-9-28(10-8-24)45-29-12-14-37-32(21-29)31-20-26(22-39-31)34(42)38-13-4-16-40-15-3-5-33(40)35(43)44-2;1-16-2-7-23(27)18(10-16)12-20(30)11-17-3-5-21(6-4-17)33-22-8-9-28-25(14-22)24-13-19(15-29-24)26(31)32/h6-12,14,17,20-22,33,39H,3-5,13,15-16,18-19H2,1-2H3,(H,38,42);2-10,13-15,29H,11-12H2,1H3,(H,31,32). The number of aromatic amines is 2. The molecule has 0 spiro atoms. The SMILES string of the molecule is COC(=O)C1CCCN1CCCNC(=O)c1c[nH]c(-c2cc(Oc3ccc(CC(=O)Cc4cc(C)ccc4F)cc3)ccn2)c1.Cc1ccc(F)c(CC(=O)Cc2ccc(Oc3ccnc(-c4cc(C(=O)O)c[nH]4)c3)cc2)c1. The number of aromatic nitrogens is 4. The first-order chi connectivity index (χ1) is 37.7. The summed E-state index contributed by atoms with van der Waals surface area (Å²) in [6, 6.07) is 33.8. The zero-order chi connectivity index (χ0) is 55.1. The minimum atomic E-state index is -1.02. The van der Waals surface area contributed by atoms with Gasteiger partial charge in [0.05, 0.1) is 41.0 Å². The van der Waals surface area contributed by atoms with Crippen LogP contribution in [0.25, 0.3) is 22.8 Å². The van der Waals surface area contributed by atoms with Crippen molar-refractivity contribution in [2.45, 2.75) is 64.8 Å². The Morgan fingerprint density at radius 3 is 1.63 bits per heavy atom. The number of likely N-dealkylation sites (tertiary alicyclic amines) is 1. The number of aromatic carboxylic acids is 1. The highest BCUT2D eigenvalue weighted by molar-refractivity contribution is 5.95. The van der Waals surface area contributed by atoms with Crippen LogP contribution in [-0.2, 0) is 44.8 Å². The summed E-state index contributed by atoms with van der Waals surface area (Å²) in [5.41, 5.74) is 7.30. The van der Waals surface area contributed by atoms with Crippen LogP contribution in [0, 0.1) is 25.5 Å². The molecular formula is C61H58F2N6O9. The number of esters is 1. The van der Waals surface area contributed by atoms with Crippen molar-refractivity contribution in [3.8, 4) is 45.8 Å². The molecule has 4 N–H and O–H groups in total. The lowest BCUT2D eigenvalue weighted by Crippen LogP contribution is -2.38. The maximum atomic E-state index is 14.0. The fourth-order valence-electron chi connectivity index (χ4n) is 8.97. The zero-order valence-corrected chi connectivity index (χ0v) is 43.3. The highest BCUT2D eigenvalue weighted by atomic mass is 19.1. The number of ether oxygens (including phenoxy) is 3. The summed E-state index contributed by atoms with van der Waals surface area (Å²) >= 11 is 0. The average molecular weight is 1060 g/mol. The molecule has 1 aliphatic heterocycles. The van der Waals surface area contributed by atoms with Crippen LogP contribution < -0.4 is 14.8 Å². The fraction of sp³-hybridized carbons (Fsp3) is 0.230. The van der Waals surface area contributed by atoms with Gasteiger partial charge < -0.3 is 34.6 Å². The molecule has 0 radical (unpaired) electrons. The molecule has 1 amide bonds. The largest absolute Gasteiger partial charge is 0.478 e. The normalized spacial score (nSPS) is 13.0. The van der Waals surface area contributed by atoms with E-state index in [2.05, 4.69) is 30.2 Å². The van der Waals surface area contributed by atoms with Crippen LogP contribution in [0.3, 0.4) is 0 Å². The number of halogens is 2. The van der Waals surface area contributed by atoms with E-state index in [9.17, 15) is 32.8 Å². The summed E-state index contributed by atoms with van der Waals surface area (Å²) < 4.78 is 44.7. The number of carbonyl (C=O) groups is 5. The third-order valence-corrected chi connectivity index (χ3v) is 12.9. The molecule has 1 aliphatic rings. The first kappa shape index (κ1) is 55.2. The van der Waals surface area contributed by atoms with E-state index in [-0.39, 0.29) is 72.4 Å². The minimum Gasteiger partial charge on any atom is -0.478 e. The zero-order valence-electron chi connectivity index (χ0n) is 43.3. The molecule has 0 aliphatic carbocycles. The molecule has 1 saturated heterocycles. The van der Waals surface area contributed by atoms with Crippen molar-refractivity contribution in [3.05, 3.63) is 202 Å². The van der Waals surface area contributed by atoms with Crippen LogP contribution in [0.1, 0.15) is 73.4 Å². The summed E-state index contributed by atoms with van der Waals surface area (Å²) in [6.07, 6.45) is 9.23. The highest BCUT2D eigenvalue weighted by Gasteiger charge is 2.31. The average Bonchev–Trinajstić information content (AvgIpc) is 4.25. The van der Waals surface area contributed by atoms with Gasteiger partial charge in [-0.15, -0.1) is 0 Å². The van der Waals surface area contributed by atoms with Gasteiger partial charge in [-0.25, -0.2) is 13.6 Å². The van der Waals surface area contributed by atoms with Crippen LogP contribution in [0.2, 0.25) is 0 Å². The van der Waals surface area contributed by atoms with E-state index < -0.39 is 5.97 Å². The number of Topliss-reactive ketones (excluding diaryl/α,β-unsaturated/α-hetero) is 2. The minimum absolute atomic E-state index is 0.0469. The molecule has 400 valence electrons. The Bertz CT molecular complexity index is 3410. The molecule has 17 heteroatoms. The number of carbonyl (C=O) groups excluding carboxylic acids is 4. The third kappa shape index (κ3) is 15.3. The molecule has 0 saturated carbocycles. The molecule has 1 atom stereocenters. The summed E-state index contributed by atoms with van der Waals surface area (Å²) in [5, 5.41) is 12.0. The second kappa shape index (κ2) is 26.1. The van der Waals surface area contributed by atoms with Gasteiger partial charge in [-0.3, -0.25) is 34.0 Å². The summed E-state index contributed by atoms with van der Waals surface area (Å²) in [5.74, 6) is -0.0304. The number of H-pyrrole nitrogens is 2. The summed E-state index contributed by atoms with van der Waals surface area (Å²) in [7, 11) is 1.41. The van der Waals surface area contributed by atoms with Gasteiger partial charge in [-0.05, 0) is 123 Å². The van der Waals surface area contributed by atoms with Gasteiger partial charge in [-0.1, -0.05) is 59.7 Å². The Hall–Kier alpha value is -9.09. The van der Waals surface area contributed by atoms with Gasteiger partial charge in [0.2, 0.25) is 0 Å². The number of methoxy groups -OCH3 is 1. The number of carboxylic acid groups (broad SMARTS) is 1. The molecule has 5 heterocycles. The van der Waals surface area contributed by atoms with Crippen molar-refractivity contribution < 1.29 is 52.1 Å². The topological polar surface area (TPSA) is 206 Å². The molecule has 15 nitrogen and oxygen atoms in total. The number of benzene rings is 4. The number of nitrogens with zero attached hydrogens (tertiary/aromatic N) is 3. The molecular weight excluding hydrogens is 999 g/mol. The second-order valence-electron chi connectivity index (χ2n) is 19.0. The van der Waals surface area contributed by atoms with E-state index in [1.54, 1.807) is 110 Å². The van der Waals surface area contributed by atoms with Crippen LogP contribution in [0.4, 0.5) is 8.78 Å². The number of carboxylic acids is 1. The highest BCUT2D eigenvalue weighted by Crippen LogP contribution is 2.29. The summed E-state index contributed by atoms with van der Waals surface area (Å²) in [4.78, 5) is 77.4. The van der Waals surface area contributed by atoms with Crippen molar-refractivity contribution in [2.24, 2.45) is 0 Å². The van der Waals surface area contributed by atoms with Crippen LogP contribution in [0.5, 0.6) is 23.0 Å². The Morgan fingerprint density at radius 1 is 0.641 bits per heavy atom. The number of rotatable bonds is 21. The van der Waals surface area contributed by atoms with Gasteiger partial charge >= 0.3 is 11.9 Å². The van der Waals surface area contributed by atoms with Crippen LogP contribution >= 0.6 is 0 Å². The van der Waals surface area contributed by atoms with Gasteiger partial charge in [0.15, 0.2) is 0 Å². The number of hydrogen-bond donors (Lipinski definition) is 4. The van der Waals surface area contributed by atoms with E-state index >= 15 is 0 Å². The summed E-state index contributed by atoms with van der Waals surface area (Å²) in [6.45, 7) is 5.80. The van der Waals surface area contributed by atoms with Crippen molar-refractivity contribution in [1.82, 2.24) is 30.2 Å². The number of nitrogens with one attached hydrogen (secondary N) is 3. The Kier molecular flexibility index (Phi) is 18.5. The van der Waals surface area contributed by atoms with E-state index in [1.165, 1.54) is 31.5 Å². The fourth-order valence-corrected chi connectivity index (χ4v) is 8.97. The molecule has 4 aromatic heterocycles. The number of hydrogen-bond acceptors (Lipinski definition) is 11. The van der Waals surface area contributed by atoms with E-state index in [0.717, 1.165) is 48.1 Å². The molecule has 9 rings (SSSR count). The molecule has 8 aromatic rings.